The van der Waals surface area contributed by atoms with Gasteiger partial charge in [0.05, 0.1) is 6.26 Å². The van der Waals surface area contributed by atoms with Gasteiger partial charge in [-0.25, -0.2) is 0 Å². The SMILES string of the molecule is Cc1ccc(NC(=O)C(=O)NC[C@@H](c2ccco2)N2CCc3ccccc32)cc1C. The summed E-state index contributed by atoms with van der Waals surface area (Å²) < 4.78 is 5.64. The number of aryl methyl sites for hydroxylation is 2. The van der Waals surface area contributed by atoms with Crippen molar-refractivity contribution in [1.82, 2.24) is 5.32 Å². The molecule has 2 aromatic carbocycles. The number of carbonyl (C=O) groups excluding carboxylic acids is 2. The number of nitrogens with one attached hydrogen (secondary N) is 2. The van der Waals surface area contributed by atoms with E-state index in [9.17, 15) is 9.59 Å². The summed E-state index contributed by atoms with van der Waals surface area (Å²) in [5.74, 6) is -0.600. The fourth-order valence-electron chi connectivity index (χ4n) is 3.81. The minimum atomic E-state index is -0.682. The van der Waals surface area contributed by atoms with Crippen LogP contribution in [0.1, 0.15) is 28.5 Å². The molecule has 0 radical (unpaired) electrons. The Balaban J connectivity index is 1.44. The second-order valence-corrected chi connectivity index (χ2v) is 7.57. The first-order valence-electron chi connectivity index (χ1n) is 10.1. The van der Waals surface area contributed by atoms with Gasteiger partial charge < -0.3 is 20.0 Å². The normalized spacial score (nSPS) is 13.6. The predicted octanol–water partition coefficient (Wildman–Crippen LogP) is 3.76. The molecule has 3 aromatic rings. The lowest BCUT2D eigenvalue weighted by Crippen LogP contribution is -2.41. The Morgan fingerprint density at radius 2 is 1.87 bits per heavy atom. The summed E-state index contributed by atoms with van der Waals surface area (Å²) in [6.45, 7) is 5.06. The zero-order chi connectivity index (χ0) is 21.1. The molecule has 2 heterocycles. The van der Waals surface area contributed by atoms with E-state index in [4.69, 9.17) is 4.42 Å². The van der Waals surface area contributed by atoms with Crippen molar-refractivity contribution in [3.63, 3.8) is 0 Å². The number of benzene rings is 2. The Morgan fingerprint density at radius 3 is 2.63 bits per heavy atom. The summed E-state index contributed by atoms with van der Waals surface area (Å²) in [5, 5.41) is 5.44. The molecule has 2 amide bonds. The van der Waals surface area contributed by atoms with Crippen LogP contribution in [0.15, 0.2) is 65.3 Å². The first-order valence-corrected chi connectivity index (χ1v) is 10.1. The number of anilines is 2. The van der Waals surface area contributed by atoms with E-state index in [2.05, 4.69) is 27.7 Å². The quantitative estimate of drug-likeness (QED) is 0.636. The Morgan fingerprint density at radius 1 is 1.03 bits per heavy atom. The van der Waals surface area contributed by atoms with E-state index in [-0.39, 0.29) is 12.6 Å². The molecule has 2 N–H and O–H groups in total. The van der Waals surface area contributed by atoms with Crippen molar-refractivity contribution in [2.24, 2.45) is 0 Å². The van der Waals surface area contributed by atoms with Crippen LogP contribution in [0.3, 0.4) is 0 Å². The lowest BCUT2D eigenvalue weighted by molar-refractivity contribution is -0.136. The van der Waals surface area contributed by atoms with Crippen molar-refractivity contribution in [3.8, 4) is 0 Å². The van der Waals surface area contributed by atoms with Gasteiger partial charge >= 0.3 is 11.8 Å². The molecule has 154 valence electrons. The van der Waals surface area contributed by atoms with Crippen LogP contribution in [-0.4, -0.2) is 24.9 Å². The van der Waals surface area contributed by atoms with Crippen LogP contribution in [0.25, 0.3) is 0 Å². The van der Waals surface area contributed by atoms with Gasteiger partial charge in [-0.15, -0.1) is 0 Å². The number of carbonyl (C=O) groups is 2. The average molecular weight is 403 g/mol. The Hall–Kier alpha value is -3.54. The fourth-order valence-corrected chi connectivity index (χ4v) is 3.81. The molecule has 1 aromatic heterocycles. The van der Waals surface area contributed by atoms with Crippen molar-refractivity contribution >= 4 is 23.2 Å². The maximum atomic E-state index is 12.5. The van der Waals surface area contributed by atoms with Crippen LogP contribution in [0.4, 0.5) is 11.4 Å². The molecule has 0 unspecified atom stereocenters. The molecule has 1 aliphatic rings. The van der Waals surface area contributed by atoms with Crippen molar-refractivity contribution < 1.29 is 14.0 Å². The number of fused-ring (bicyclic) bond motifs is 1. The van der Waals surface area contributed by atoms with E-state index in [0.717, 1.165) is 35.5 Å². The van der Waals surface area contributed by atoms with E-state index >= 15 is 0 Å². The van der Waals surface area contributed by atoms with Gasteiger partial charge in [-0.05, 0) is 67.3 Å². The zero-order valence-electron chi connectivity index (χ0n) is 17.1. The summed E-state index contributed by atoms with van der Waals surface area (Å²) in [4.78, 5) is 27.0. The molecule has 6 nitrogen and oxygen atoms in total. The van der Waals surface area contributed by atoms with E-state index in [1.807, 2.05) is 50.2 Å². The third-order valence-electron chi connectivity index (χ3n) is 5.60. The van der Waals surface area contributed by atoms with Crippen molar-refractivity contribution in [3.05, 3.63) is 83.3 Å². The molecule has 0 spiro atoms. The third kappa shape index (κ3) is 4.08. The van der Waals surface area contributed by atoms with E-state index in [1.165, 1.54) is 5.56 Å². The molecule has 4 rings (SSSR count). The highest BCUT2D eigenvalue weighted by Gasteiger charge is 2.29. The molecular weight excluding hydrogens is 378 g/mol. The summed E-state index contributed by atoms with van der Waals surface area (Å²) in [7, 11) is 0. The molecule has 1 atom stereocenters. The van der Waals surface area contributed by atoms with Gasteiger partial charge in [0.1, 0.15) is 11.8 Å². The summed E-state index contributed by atoms with van der Waals surface area (Å²) in [5.41, 5.74) is 5.19. The minimum absolute atomic E-state index is 0.193. The minimum Gasteiger partial charge on any atom is -0.467 e. The number of rotatable bonds is 5. The first-order chi connectivity index (χ1) is 14.5. The second-order valence-electron chi connectivity index (χ2n) is 7.57. The van der Waals surface area contributed by atoms with Gasteiger partial charge in [0.15, 0.2) is 0 Å². The third-order valence-corrected chi connectivity index (χ3v) is 5.60. The Kier molecular flexibility index (Phi) is 5.57. The number of furan rings is 1. The van der Waals surface area contributed by atoms with Crippen LogP contribution in [-0.2, 0) is 16.0 Å². The summed E-state index contributed by atoms with van der Waals surface area (Å²) in [6.07, 6.45) is 2.56. The highest BCUT2D eigenvalue weighted by Crippen LogP contribution is 2.34. The van der Waals surface area contributed by atoms with Gasteiger partial charge in [-0.3, -0.25) is 9.59 Å². The van der Waals surface area contributed by atoms with Gasteiger partial charge in [0.2, 0.25) is 0 Å². The number of hydrogen-bond acceptors (Lipinski definition) is 4. The topological polar surface area (TPSA) is 74.6 Å². The number of para-hydroxylation sites is 1. The first kappa shape index (κ1) is 19.8. The highest BCUT2D eigenvalue weighted by molar-refractivity contribution is 6.39. The van der Waals surface area contributed by atoms with E-state index in [0.29, 0.717) is 5.69 Å². The Bertz CT molecular complexity index is 1060. The molecule has 0 bridgehead atoms. The predicted molar refractivity (Wildman–Crippen MR) is 116 cm³/mol. The van der Waals surface area contributed by atoms with Crippen LogP contribution >= 0.6 is 0 Å². The zero-order valence-corrected chi connectivity index (χ0v) is 17.1. The van der Waals surface area contributed by atoms with Gasteiger partial charge in [-0.1, -0.05) is 24.3 Å². The number of nitrogens with zero attached hydrogens (tertiary/aromatic N) is 1. The average Bonchev–Trinajstić information content (AvgIpc) is 3.42. The van der Waals surface area contributed by atoms with E-state index < -0.39 is 11.8 Å². The molecule has 0 aliphatic carbocycles. The van der Waals surface area contributed by atoms with Gasteiger partial charge in [-0.2, -0.15) is 0 Å². The molecular formula is C24H25N3O3. The highest BCUT2D eigenvalue weighted by atomic mass is 16.3. The lowest BCUT2D eigenvalue weighted by atomic mass is 10.1. The van der Waals surface area contributed by atoms with Crippen LogP contribution < -0.4 is 15.5 Å². The molecule has 1 aliphatic heterocycles. The summed E-state index contributed by atoms with van der Waals surface area (Å²) >= 11 is 0. The van der Waals surface area contributed by atoms with Crippen molar-refractivity contribution in [2.45, 2.75) is 26.3 Å². The monoisotopic (exact) mass is 403 g/mol. The lowest BCUT2D eigenvalue weighted by Gasteiger charge is -2.29. The van der Waals surface area contributed by atoms with Gasteiger partial charge in [0, 0.05) is 24.5 Å². The molecule has 0 saturated carbocycles. The number of hydrogen-bond donors (Lipinski definition) is 2. The summed E-state index contributed by atoms with van der Waals surface area (Å²) in [6, 6.07) is 17.3. The fraction of sp³-hybridized carbons (Fsp3) is 0.250. The molecule has 0 fully saturated rings. The maximum absolute atomic E-state index is 12.5. The van der Waals surface area contributed by atoms with Crippen LogP contribution in [0, 0.1) is 13.8 Å². The van der Waals surface area contributed by atoms with Crippen molar-refractivity contribution in [2.75, 3.05) is 23.3 Å². The molecule has 30 heavy (non-hydrogen) atoms. The van der Waals surface area contributed by atoms with E-state index in [1.54, 1.807) is 12.3 Å². The van der Waals surface area contributed by atoms with Crippen LogP contribution in [0.2, 0.25) is 0 Å². The largest absolute Gasteiger partial charge is 0.467 e. The smallest absolute Gasteiger partial charge is 0.313 e. The second kappa shape index (κ2) is 8.45. The number of amides is 2. The Labute approximate surface area is 175 Å². The molecule has 0 saturated heterocycles. The standard InChI is InChI=1S/C24H25N3O3/c1-16-9-10-19(14-17(16)2)26-24(29)23(28)25-15-21(22-8-5-13-30-22)27-12-11-18-6-3-4-7-20(18)27/h3-10,13-14,21H,11-12,15H2,1-2H3,(H,25,28)(H,26,29)/t21-/m0/s1. The van der Waals surface area contributed by atoms with Crippen LogP contribution in [0.5, 0.6) is 0 Å². The van der Waals surface area contributed by atoms with Gasteiger partial charge in [0.25, 0.3) is 0 Å². The maximum Gasteiger partial charge on any atom is 0.313 e. The molecule has 6 heteroatoms. The van der Waals surface area contributed by atoms with Crippen molar-refractivity contribution in [1.29, 1.82) is 0 Å².